The van der Waals surface area contributed by atoms with E-state index in [2.05, 4.69) is 39.7 Å². The van der Waals surface area contributed by atoms with Crippen LogP contribution >= 0.6 is 11.8 Å². The van der Waals surface area contributed by atoms with Gasteiger partial charge >= 0.3 is 0 Å². The molecule has 1 aromatic heterocycles. The number of aliphatic imine (C=N–C) groups is 1. The number of hydrogen-bond acceptors (Lipinski definition) is 3. The van der Waals surface area contributed by atoms with Gasteiger partial charge in [0.15, 0.2) is 5.17 Å². The molecule has 1 aromatic carbocycles. The van der Waals surface area contributed by atoms with Crippen LogP contribution in [0, 0.1) is 0 Å². The molecule has 0 amide bonds. The summed E-state index contributed by atoms with van der Waals surface area (Å²) in [6.07, 6.45) is 1.94. The van der Waals surface area contributed by atoms with E-state index >= 15 is 0 Å². The zero-order valence-corrected chi connectivity index (χ0v) is 11.6. The lowest BCUT2D eigenvalue weighted by atomic mass is 10.1. The van der Waals surface area contributed by atoms with Crippen molar-refractivity contribution in [3.63, 3.8) is 0 Å². The highest BCUT2D eigenvalue weighted by Crippen LogP contribution is 2.25. The van der Waals surface area contributed by atoms with Crippen LogP contribution in [0.2, 0.25) is 0 Å². The molecule has 4 nitrogen and oxygen atoms in total. The van der Waals surface area contributed by atoms with Crippen molar-refractivity contribution in [2.24, 2.45) is 12.0 Å². The molecule has 0 spiro atoms. The quantitative estimate of drug-likeness (QED) is 0.932. The molecule has 2 aromatic rings. The highest BCUT2D eigenvalue weighted by Gasteiger charge is 2.21. The fraction of sp³-hybridized carbons (Fsp3) is 0.286. The molecule has 1 aliphatic rings. The Balaban J connectivity index is 1.62. The number of benzene rings is 1. The molecule has 2 heterocycles. The number of aryl methyl sites for hydroxylation is 1. The van der Waals surface area contributed by atoms with Crippen molar-refractivity contribution in [3.05, 3.63) is 53.9 Å². The Morgan fingerprint density at radius 3 is 2.95 bits per heavy atom. The first-order valence-electron chi connectivity index (χ1n) is 6.28. The van der Waals surface area contributed by atoms with Gasteiger partial charge in [-0.25, -0.2) is 0 Å². The van der Waals surface area contributed by atoms with E-state index in [4.69, 9.17) is 0 Å². The van der Waals surface area contributed by atoms with Crippen molar-refractivity contribution in [2.45, 2.75) is 12.6 Å². The lowest BCUT2D eigenvalue weighted by molar-refractivity contribution is 0.735. The molecule has 0 aliphatic carbocycles. The molecule has 0 saturated carbocycles. The first-order chi connectivity index (χ1) is 9.31. The summed E-state index contributed by atoms with van der Waals surface area (Å²) in [6.45, 7) is 0.637. The third kappa shape index (κ3) is 2.98. The Morgan fingerprint density at radius 2 is 2.21 bits per heavy atom. The summed E-state index contributed by atoms with van der Waals surface area (Å²) in [6, 6.07) is 12.9. The van der Waals surface area contributed by atoms with Gasteiger partial charge in [0.2, 0.25) is 0 Å². The summed E-state index contributed by atoms with van der Waals surface area (Å²) in [7, 11) is 1.92. The van der Waals surface area contributed by atoms with Gasteiger partial charge in [-0.15, -0.1) is 0 Å². The van der Waals surface area contributed by atoms with E-state index < -0.39 is 0 Å². The van der Waals surface area contributed by atoms with Gasteiger partial charge in [-0.2, -0.15) is 5.10 Å². The topological polar surface area (TPSA) is 42.2 Å². The molecule has 1 saturated heterocycles. The smallest absolute Gasteiger partial charge is 0.157 e. The number of amidine groups is 1. The van der Waals surface area contributed by atoms with Gasteiger partial charge < -0.3 is 5.32 Å². The summed E-state index contributed by atoms with van der Waals surface area (Å²) in [5, 5.41) is 8.80. The van der Waals surface area contributed by atoms with Crippen LogP contribution in [0.15, 0.2) is 47.6 Å². The highest BCUT2D eigenvalue weighted by molar-refractivity contribution is 8.14. The number of hydrogen-bond donors (Lipinski definition) is 1. The van der Waals surface area contributed by atoms with Crippen LogP contribution in [0.4, 0.5) is 0 Å². The van der Waals surface area contributed by atoms with E-state index in [1.807, 2.05) is 25.4 Å². The van der Waals surface area contributed by atoms with Crippen LogP contribution in [0.25, 0.3) is 0 Å². The number of rotatable bonds is 3. The number of nitrogens with zero attached hydrogens (tertiary/aromatic N) is 3. The van der Waals surface area contributed by atoms with Crippen LogP contribution < -0.4 is 5.32 Å². The lowest BCUT2D eigenvalue weighted by Gasteiger charge is -2.09. The minimum Gasteiger partial charge on any atom is -0.357 e. The maximum atomic E-state index is 4.58. The average Bonchev–Trinajstić information content (AvgIpc) is 3.06. The van der Waals surface area contributed by atoms with Gasteiger partial charge in [0.1, 0.15) is 0 Å². The zero-order chi connectivity index (χ0) is 13.1. The van der Waals surface area contributed by atoms with Crippen molar-refractivity contribution in [1.29, 1.82) is 0 Å². The van der Waals surface area contributed by atoms with E-state index in [0.717, 1.165) is 16.6 Å². The van der Waals surface area contributed by atoms with Crippen LogP contribution in [0.3, 0.4) is 0 Å². The summed E-state index contributed by atoms with van der Waals surface area (Å²) in [4.78, 5) is 4.58. The normalized spacial score (nSPS) is 20.7. The van der Waals surface area contributed by atoms with Crippen LogP contribution in [0.5, 0.6) is 0 Å². The Kier molecular flexibility index (Phi) is 3.55. The SMILES string of the molecule is Cn1ccc(CN=C2NC(c3ccccc3)CS2)n1. The third-order valence-corrected chi connectivity index (χ3v) is 4.06. The predicted molar refractivity (Wildman–Crippen MR) is 79.1 cm³/mol. The van der Waals surface area contributed by atoms with Crippen LogP contribution in [0.1, 0.15) is 17.3 Å². The molecule has 0 bridgehead atoms. The molecule has 1 unspecified atom stereocenters. The van der Waals surface area contributed by atoms with E-state index in [-0.39, 0.29) is 0 Å². The lowest BCUT2D eigenvalue weighted by Crippen LogP contribution is -2.19. The minimum absolute atomic E-state index is 0.369. The summed E-state index contributed by atoms with van der Waals surface area (Å²) < 4.78 is 1.80. The minimum atomic E-state index is 0.369. The molecule has 0 radical (unpaired) electrons. The van der Waals surface area contributed by atoms with Gasteiger partial charge in [-0.1, -0.05) is 42.1 Å². The zero-order valence-electron chi connectivity index (χ0n) is 10.8. The van der Waals surface area contributed by atoms with Crippen molar-refractivity contribution in [2.75, 3.05) is 5.75 Å². The summed E-state index contributed by atoms with van der Waals surface area (Å²) in [5.74, 6) is 1.03. The summed E-state index contributed by atoms with van der Waals surface area (Å²) >= 11 is 1.78. The summed E-state index contributed by atoms with van der Waals surface area (Å²) in [5.41, 5.74) is 2.32. The highest BCUT2D eigenvalue weighted by atomic mass is 32.2. The molecule has 5 heteroatoms. The van der Waals surface area contributed by atoms with E-state index in [0.29, 0.717) is 12.6 Å². The van der Waals surface area contributed by atoms with Gasteiger partial charge in [0.25, 0.3) is 0 Å². The van der Waals surface area contributed by atoms with Crippen molar-refractivity contribution >= 4 is 16.9 Å². The van der Waals surface area contributed by atoms with Crippen molar-refractivity contribution in [1.82, 2.24) is 15.1 Å². The molecule has 1 aliphatic heterocycles. The standard InChI is InChI=1S/C14H16N4S/c1-18-8-7-12(17-18)9-15-14-16-13(10-19-14)11-5-3-2-4-6-11/h2-8,13H,9-10H2,1H3,(H,15,16). The maximum absolute atomic E-state index is 4.58. The fourth-order valence-corrected chi connectivity index (χ4v) is 3.03. The van der Waals surface area contributed by atoms with Gasteiger partial charge in [-0.05, 0) is 11.6 Å². The molecule has 1 atom stereocenters. The van der Waals surface area contributed by atoms with Crippen LogP contribution in [-0.2, 0) is 13.6 Å². The first kappa shape index (κ1) is 12.3. The Hall–Kier alpha value is -1.75. The molecular weight excluding hydrogens is 256 g/mol. The van der Waals surface area contributed by atoms with E-state index in [9.17, 15) is 0 Å². The van der Waals surface area contributed by atoms with E-state index in [1.165, 1.54) is 5.56 Å². The number of thioether (sulfide) groups is 1. The Bertz CT molecular complexity index is 576. The molecule has 3 rings (SSSR count). The maximum Gasteiger partial charge on any atom is 0.157 e. The van der Waals surface area contributed by atoms with Crippen molar-refractivity contribution < 1.29 is 0 Å². The Morgan fingerprint density at radius 1 is 1.37 bits per heavy atom. The van der Waals surface area contributed by atoms with E-state index in [1.54, 1.807) is 16.4 Å². The molecule has 1 N–H and O–H groups in total. The second kappa shape index (κ2) is 5.48. The third-order valence-electron chi connectivity index (χ3n) is 3.04. The molecular formula is C14H16N4S. The van der Waals surface area contributed by atoms with Gasteiger partial charge in [0, 0.05) is 19.0 Å². The first-order valence-corrected chi connectivity index (χ1v) is 7.27. The fourth-order valence-electron chi connectivity index (χ4n) is 2.05. The molecule has 19 heavy (non-hydrogen) atoms. The van der Waals surface area contributed by atoms with Crippen LogP contribution in [-0.4, -0.2) is 20.7 Å². The second-order valence-corrected chi connectivity index (χ2v) is 5.53. The number of aromatic nitrogens is 2. The monoisotopic (exact) mass is 272 g/mol. The molecule has 98 valence electrons. The average molecular weight is 272 g/mol. The predicted octanol–water partition coefficient (Wildman–Crippen LogP) is 2.35. The number of nitrogens with one attached hydrogen (secondary N) is 1. The van der Waals surface area contributed by atoms with Gasteiger partial charge in [0.05, 0.1) is 18.3 Å². The second-order valence-electron chi connectivity index (χ2n) is 4.52. The Labute approximate surface area is 116 Å². The largest absolute Gasteiger partial charge is 0.357 e. The van der Waals surface area contributed by atoms with Gasteiger partial charge in [-0.3, -0.25) is 9.67 Å². The van der Waals surface area contributed by atoms with Crippen molar-refractivity contribution in [3.8, 4) is 0 Å². The molecule has 1 fully saturated rings.